The molecule has 14 heavy (non-hydrogen) atoms. The van der Waals surface area contributed by atoms with Crippen LogP contribution in [0, 0.1) is 0 Å². The topological polar surface area (TPSA) is 32.3 Å². The van der Waals surface area contributed by atoms with Crippen LogP contribution < -0.4 is 5.32 Å². The Bertz CT molecular complexity index is 143. The molecule has 0 aromatic carbocycles. The molecular weight excluding hydrogens is 174 g/mol. The summed E-state index contributed by atoms with van der Waals surface area (Å²) in [5.41, 5.74) is 0.0766. The molecule has 0 unspecified atom stereocenters. The van der Waals surface area contributed by atoms with Gasteiger partial charge in [0.2, 0.25) is 0 Å². The van der Waals surface area contributed by atoms with Gasteiger partial charge in [-0.1, -0.05) is 12.5 Å². The van der Waals surface area contributed by atoms with Crippen molar-refractivity contribution in [2.75, 3.05) is 13.2 Å². The molecule has 0 aromatic heterocycles. The summed E-state index contributed by atoms with van der Waals surface area (Å²) < 4.78 is 0. The molecule has 84 valence electrons. The first-order valence-electron chi connectivity index (χ1n) is 5.59. The number of allylic oxidation sites excluding steroid dienone is 1. The average Bonchev–Trinajstić information content (AvgIpc) is 2.11. The van der Waals surface area contributed by atoms with Gasteiger partial charge < -0.3 is 10.4 Å². The summed E-state index contributed by atoms with van der Waals surface area (Å²) in [5, 5.41) is 12.3. The minimum absolute atomic E-state index is 0.0766. The molecule has 0 heterocycles. The molecule has 0 amide bonds. The molecule has 0 fully saturated rings. The van der Waals surface area contributed by atoms with Crippen LogP contribution in [0.3, 0.4) is 0 Å². The van der Waals surface area contributed by atoms with E-state index in [2.05, 4.69) is 25.7 Å². The van der Waals surface area contributed by atoms with Crippen LogP contribution in [-0.2, 0) is 0 Å². The van der Waals surface area contributed by atoms with Crippen molar-refractivity contribution >= 4 is 0 Å². The third-order valence-corrected chi connectivity index (χ3v) is 2.43. The van der Waals surface area contributed by atoms with E-state index < -0.39 is 0 Å². The van der Waals surface area contributed by atoms with Gasteiger partial charge >= 0.3 is 0 Å². The molecule has 0 radical (unpaired) electrons. The Morgan fingerprint density at radius 2 is 2.00 bits per heavy atom. The van der Waals surface area contributed by atoms with Crippen LogP contribution in [0.5, 0.6) is 0 Å². The fourth-order valence-electron chi connectivity index (χ4n) is 1.39. The van der Waals surface area contributed by atoms with Crippen LogP contribution >= 0.6 is 0 Å². The predicted molar refractivity (Wildman–Crippen MR) is 62.4 cm³/mol. The maximum Gasteiger partial charge on any atom is 0.0448 e. The molecule has 0 spiro atoms. The second-order valence-electron chi connectivity index (χ2n) is 4.42. The van der Waals surface area contributed by atoms with E-state index in [9.17, 15) is 0 Å². The fourth-order valence-corrected chi connectivity index (χ4v) is 1.39. The normalized spacial score (nSPS) is 11.6. The molecule has 2 N–H and O–H groups in total. The third kappa shape index (κ3) is 8.27. The van der Waals surface area contributed by atoms with E-state index in [1.54, 1.807) is 0 Å². The minimum atomic E-state index is 0.0766. The predicted octanol–water partition coefficient (Wildman–Crippen LogP) is 2.48. The lowest BCUT2D eigenvalue weighted by Gasteiger charge is -2.25. The molecule has 0 aliphatic rings. The van der Waals surface area contributed by atoms with Gasteiger partial charge in [0, 0.05) is 12.1 Å². The molecule has 0 saturated heterocycles. The lowest BCUT2D eigenvalue weighted by atomic mass is 10.0. The Kier molecular flexibility index (Phi) is 7.81. The number of aliphatic hydroxyl groups is 1. The number of nitrogens with one attached hydrogen (secondary N) is 1. The van der Waals surface area contributed by atoms with Crippen LogP contribution in [0.15, 0.2) is 12.7 Å². The van der Waals surface area contributed by atoms with Gasteiger partial charge in [0.1, 0.15) is 0 Å². The second kappa shape index (κ2) is 8.01. The van der Waals surface area contributed by atoms with Gasteiger partial charge in [0.05, 0.1) is 0 Å². The number of aliphatic hydroxyl groups excluding tert-OH is 1. The lowest BCUT2D eigenvalue weighted by molar-refractivity contribution is 0.230. The molecule has 0 aliphatic heterocycles. The standard InChI is InChI=1S/C12H25NO/c1-4-5-6-7-8-10-13-12(2,3)9-11-14/h4,13-14H,1,5-11H2,2-3H3. The average molecular weight is 199 g/mol. The van der Waals surface area contributed by atoms with Crippen molar-refractivity contribution in [2.24, 2.45) is 0 Å². The Hall–Kier alpha value is -0.340. The van der Waals surface area contributed by atoms with E-state index in [-0.39, 0.29) is 12.1 Å². The van der Waals surface area contributed by atoms with Crippen LogP contribution in [-0.4, -0.2) is 23.8 Å². The van der Waals surface area contributed by atoms with Crippen LogP contribution in [0.25, 0.3) is 0 Å². The van der Waals surface area contributed by atoms with Crippen LogP contribution in [0.1, 0.15) is 46.0 Å². The first-order valence-corrected chi connectivity index (χ1v) is 5.59. The first kappa shape index (κ1) is 13.7. The highest BCUT2D eigenvalue weighted by molar-refractivity contribution is 4.76. The summed E-state index contributed by atoms with van der Waals surface area (Å²) in [6, 6.07) is 0. The molecule has 0 aliphatic carbocycles. The molecule has 0 bridgehead atoms. The summed E-state index contributed by atoms with van der Waals surface area (Å²) in [4.78, 5) is 0. The zero-order valence-corrected chi connectivity index (χ0v) is 9.68. The SMILES string of the molecule is C=CCCCCCNC(C)(C)CCO. The van der Waals surface area contributed by atoms with E-state index in [0.717, 1.165) is 19.4 Å². The van der Waals surface area contributed by atoms with Gasteiger partial charge in [-0.2, -0.15) is 0 Å². The summed E-state index contributed by atoms with van der Waals surface area (Å²) in [6.07, 6.45) is 7.63. The smallest absolute Gasteiger partial charge is 0.0448 e. The van der Waals surface area contributed by atoms with Crippen molar-refractivity contribution in [2.45, 2.75) is 51.5 Å². The van der Waals surface area contributed by atoms with Gasteiger partial charge in [0.15, 0.2) is 0 Å². The van der Waals surface area contributed by atoms with Crippen molar-refractivity contribution < 1.29 is 5.11 Å². The van der Waals surface area contributed by atoms with E-state index in [4.69, 9.17) is 5.11 Å². The quantitative estimate of drug-likeness (QED) is 0.442. The van der Waals surface area contributed by atoms with E-state index in [0.29, 0.717) is 0 Å². The number of hydrogen-bond acceptors (Lipinski definition) is 2. The summed E-state index contributed by atoms with van der Waals surface area (Å²) in [7, 11) is 0. The van der Waals surface area contributed by atoms with Gasteiger partial charge in [-0.25, -0.2) is 0 Å². The first-order chi connectivity index (χ1) is 6.62. The van der Waals surface area contributed by atoms with Crippen LogP contribution in [0.2, 0.25) is 0 Å². The third-order valence-electron chi connectivity index (χ3n) is 2.43. The fraction of sp³-hybridized carbons (Fsp3) is 0.833. The van der Waals surface area contributed by atoms with Crippen molar-refractivity contribution in [1.82, 2.24) is 5.32 Å². The summed E-state index contributed by atoms with van der Waals surface area (Å²) in [5.74, 6) is 0. The molecule has 2 heteroatoms. The van der Waals surface area contributed by atoms with E-state index >= 15 is 0 Å². The van der Waals surface area contributed by atoms with Gasteiger partial charge in [-0.3, -0.25) is 0 Å². The molecular formula is C12H25NO. The van der Waals surface area contributed by atoms with Gasteiger partial charge in [0.25, 0.3) is 0 Å². The monoisotopic (exact) mass is 199 g/mol. The number of unbranched alkanes of at least 4 members (excludes halogenated alkanes) is 3. The van der Waals surface area contributed by atoms with Gasteiger partial charge in [-0.15, -0.1) is 6.58 Å². The highest BCUT2D eigenvalue weighted by atomic mass is 16.3. The van der Waals surface area contributed by atoms with E-state index in [1.165, 1.54) is 19.3 Å². The Morgan fingerprint density at radius 1 is 1.29 bits per heavy atom. The molecule has 0 rings (SSSR count). The Morgan fingerprint density at radius 3 is 2.57 bits per heavy atom. The zero-order valence-electron chi connectivity index (χ0n) is 9.68. The summed E-state index contributed by atoms with van der Waals surface area (Å²) >= 11 is 0. The van der Waals surface area contributed by atoms with Crippen molar-refractivity contribution in [3.05, 3.63) is 12.7 Å². The molecule has 0 aromatic rings. The van der Waals surface area contributed by atoms with Crippen molar-refractivity contribution in [1.29, 1.82) is 0 Å². The van der Waals surface area contributed by atoms with E-state index in [1.807, 2.05) is 6.08 Å². The maximum absolute atomic E-state index is 8.82. The largest absolute Gasteiger partial charge is 0.396 e. The second-order valence-corrected chi connectivity index (χ2v) is 4.42. The molecule has 0 saturated carbocycles. The number of rotatable bonds is 9. The van der Waals surface area contributed by atoms with Crippen LogP contribution in [0.4, 0.5) is 0 Å². The van der Waals surface area contributed by atoms with Crippen molar-refractivity contribution in [3.63, 3.8) is 0 Å². The van der Waals surface area contributed by atoms with Gasteiger partial charge in [-0.05, 0) is 46.1 Å². The Balaban J connectivity index is 3.29. The number of hydrogen-bond donors (Lipinski definition) is 2. The maximum atomic E-state index is 8.82. The molecule has 2 nitrogen and oxygen atoms in total. The minimum Gasteiger partial charge on any atom is -0.396 e. The van der Waals surface area contributed by atoms with Crippen molar-refractivity contribution in [3.8, 4) is 0 Å². The lowest BCUT2D eigenvalue weighted by Crippen LogP contribution is -2.40. The highest BCUT2D eigenvalue weighted by Crippen LogP contribution is 2.07. The highest BCUT2D eigenvalue weighted by Gasteiger charge is 2.14. The Labute approximate surface area is 88.4 Å². The zero-order chi connectivity index (χ0) is 10.9. The summed E-state index contributed by atoms with van der Waals surface area (Å²) in [6.45, 7) is 9.27. The molecule has 0 atom stereocenters.